The predicted molar refractivity (Wildman–Crippen MR) is 120 cm³/mol. The Kier molecular flexibility index (Phi) is 7.15. The SMILES string of the molecule is COc1ccc(OC)c(NC(=O)CSC2=NC(=N)C(=NC(=O)c3cccs3)C(=O)N2)c1. The van der Waals surface area contributed by atoms with Crippen molar-refractivity contribution in [3.05, 3.63) is 40.6 Å². The van der Waals surface area contributed by atoms with E-state index in [9.17, 15) is 14.4 Å². The third-order valence-electron chi connectivity index (χ3n) is 3.84. The van der Waals surface area contributed by atoms with Gasteiger partial charge in [0.15, 0.2) is 16.7 Å². The maximum absolute atomic E-state index is 12.3. The first-order chi connectivity index (χ1) is 14.9. The van der Waals surface area contributed by atoms with Crippen LogP contribution in [0.2, 0.25) is 0 Å². The largest absolute Gasteiger partial charge is 0.497 e. The number of benzene rings is 1. The highest BCUT2D eigenvalue weighted by molar-refractivity contribution is 8.14. The summed E-state index contributed by atoms with van der Waals surface area (Å²) in [5.74, 6) is -1.28. The zero-order valence-electron chi connectivity index (χ0n) is 16.4. The number of amidine groups is 2. The minimum atomic E-state index is -0.734. The Morgan fingerprint density at radius 2 is 2.10 bits per heavy atom. The molecule has 1 aliphatic rings. The van der Waals surface area contributed by atoms with Crippen LogP contribution in [0, 0.1) is 5.41 Å². The lowest BCUT2D eigenvalue weighted by Gasteiger charge is -2.15. The highest BCUT2D eigenvalue weighted by atomic mass is 32.2. The number of thiophene rings is 1. The van der Waals surface area contributed by atoms with E-state index in [1.165, 1.54) is 25.6 Å². The van der Waals surface area contributed by atoms with E-state index in [0.29, 0.717) is 22.1 Å². The minimum absolute atomic E-state index is 0.0604. The first-order valence-corrected chi connectivity index (χ1v) is 10.6. The van der Waals surface area contributed by atoms with Gasteiger partial charge in [0.1, 0.15) is 11.5 Å². The van der Waals surface area contributed by atoms with Crippen LogP contribution in [0.25, 0.3) is 0 Å². The molecule has 0 spiro atoms. The molecule has 0 aliphatic carbocycles. The highest BCUT2D eigenvalue weighted by Gasteiger charge is 2.26. The van der Waals surface area contributed by atoms with Gasteiger partial charge in [0.25, 0.3) is 11.8 Å². The van der Waals surface area contributed by atoms with E-state index in [4.69, 9.17) is 14.9 Å². The molecule has 0 bridgehead atoms. The van der Waals surface area contributed by atoms with Crippen LogP contribution in [0.4, 0.5) is 5.69 Å². The lowest BCUT2D eigenvalue weighted by Crippen LogP contribution is -2.43. The minimum Gasteiger partial charge on any atom is -0.497 e. The van der Waals surface area contributed by atoms with Gasteiger partial charge in [-0.1, -0.05) is 17.8 Å². The van der Waals surface area contributed by atoms with Crippen molar-refractivity contribution >= 4 is 63.2 Å². The Labute approximate surface area is 185 Å². The van der Waals surface area contributed by atoms with Crippen LogP contribution < -0.4 is 20.1 Å². The van der Waals surface area contributed by atoms with Crippen molar-refractivity contribution in [2.24, 2.45) is 9.98 Å². The fraction of sp³-hybridized carbons (Fsp3) is 0.158. The third kappa shape index (κ3) is 5.55. The second-order valence-electron chi connectivity index (χ2n) is 5.87. The molecule has 0 saturated carbocycles. The number of ether oxygens (including phenoxy) is 2. The van der Waals surface area contributed by atoms with Crippen LogP contribution in [0.3, 0.4) is 0 Å². The summed E-state index contributed by atoms with van der Waals surface area (Å²) in [6, 6.07) is 8.23. The fourth-order valence-electron chi connectivity index (χ4n) is 2.41. The summed E-state index contributed by atoms with van der Waals surface area (Å²) in [4.78, 5) is 44.6. The standard InChI is InChI=1S/C19H17N5O5S2/c1-28-10-5-6-12(29-2)11(8-10)21-14(25)9-31-19-23-16(20)15(18(27)24-19)22-17(26)13-4-3-7-30-13/h3-8H,9H2,1-2H3,(H,21,25)(H2,20,23,24,27). The van der Waals surface area contributed by atoms with E-state index in [1.807, 2.05) is 0 Å². The van der Waals surface area contributed by atoms with E-state index in [0.717, 1.165) is 11.8 Å². The number of carbonyl (C=O) groups excluding carboxylic acids is 3. The lowest BCUT2D eigenvalue weighted by molar-refractivity contribution is -0.114. The summed E-state index contributed by atoms with van der Waals surface area (Å²) in [5.41, 5.74) is 0.0460. The third-order valence-corrected chi connectivity index (χ3v) is 5.57. The number of hydrogen-bond acceptors (Lipinski definition) is 8. The molecular weight excluding hydrogens is 442 g/mol. The average Bonchev–Trinajstić information content (AvgIpc) is 3.29. The quantitative estimate of drug-likeness (QED) is 0.604. The molecule has 0 unspecified atom stereocenters. The molecule has 3 amide bonds. The maximum Gasteiger partial charge on any atom is 0.287 e. The monoisotopic (exact) mass is 459 g/mol. The Bertz CT molecular complexity index is 1100. The Morgan fingerprint density at radius 3 is 2.74 bits per heavy atom. The molecule has 1 aromatic carbocycles. The van der Waals surface area contributed by atoms with Gasteiger partial charge >= 0.3 is 0 Å². The summed E-state index contributed by atoms with van der Waals surface area (Å²) in [5, 5.41) is 14.8. The number of thioether (sulfide) groups is 1. The Balaban J connectivity index is 1.63. The molecule has 2 heterocycles. The number of carbonyl (C=O) groups is 3. The van der Waals surface area contributed by atoms with Crippen LogP contribution in [0.1, 0.15) is 9.67 Å². The number of aliphatic imine (C=N–C) groups is 2. The number of anilines is 1. The van der Waals surface area contributed by atoms with Crippen molar-refractivity contribution in [1.82, 2.24) is 5.32 Å². The second-order valence-corrected chi connectivity index (χ2v) is 7.78. The van der Waals surface area contributed by atoms with Gasteiger partial charge in [0, 0.05) is 6.07 Å². The van der Waals surface area contributed by atoms with Gasteiger partial charge < -0.3 is 14.8 Å². The molecule has 0 fully saturated rings. The average molecular weight is 460 g/mol. The maximum atomic E-state index is 12.3. The number of amides is 3. The van der Waals surface area contributed by atoms with Gasteiger partial charge in [-0.2, -0.15) is 4.99 Å². The second kappa shape index (κ2) is 10.00. The lowest BCUT2D eigenvalue weighted by atomic mass is 10.2. The van der Waals surface area contributed by atoms with E-state index in [2.05, 4.69) is 20.6 Å². The molecule has 0 atom stereocenters. The van der Waals surface area contributed by atoms with Crippen LogP contribution in [0.15, 0.2) is 45.7 Å². The number of nitrogens with zero attached hydrogens (tertiary/aromatic N) is 2. The molecule has 1 aliphatic heterocycles. The number of methoxy groups -OCH3 is 2. The summed E-state index contributed by atoms with van der Waals surface area (Å²) >= 11 is 2.11. The fourth-order valence-corrected chi connectivity index (χ4v) is 3.68. The Hall–Kier alpha value is -3.51. The van der Waals surface area contributed by atoms with Gasteiger partial charge in [-0.05, 0) is 23.6 Å². The predicted octanol–water partition coefficient (Wildman–Crippen LogP) is 2.18. The molecule has 2 aromatic rings. The van der Waals surface area contributed by atoms with Gasteiger partial charge in [-0.25, -0.2) is 4.99 Å². The van der Waals surface area contributed by atoms with Crippen LogP contribution in [0.5, 0.6) is 11.5 Å². The topological polar surface area (TPSA) is 142 Å². The van der Waals surface area contributed by atoms with Crippen molar-refractivity contribution in [3.8, 4) is 11.5 Å². The molecule has 1 aromatic heterocycles. The van der Waals surface area contributed by atoms with Gasteiger partial charge in [-0.15, -0.1) is 11.3 Å². The first-order valence-electron chi connectivity index (χ1n) is 8.71. The van der Waals surface area contributed by atoms with E-state index in [-0.39, 0.29) is 22.5 Å². The molecule has 3 rings (SSSR count). The smallest absolute Gasteiger partial charge is 0.287 e. The van der Waals surface area contributed by atoms with Crippen LogP contribution >= 0.6 is 23.1 Å². The normalized spacial score (nSPS) is 14.6. The van der Waals surface area contributed by atoms with Gasteiger partial charge in [-0.3, -0.25) is 25.1 Å². The van der Waals surface area contributed by atoms with Crippen molar-refractivity contribution in [2.75, 3.05) is 25.3 Å². The van der Waals surface area contributed by atoms with Crippen molar-refractivity contribution in [1.29, 1.82) is 5.41 Å². The zero-order valence-corrected chi connectivity index (χ0v) is 18.1. The van der Waals surface area contributed by atoms with Gasteiger partial charge in [0.2, 0.25) is 5.91 Å². The zero-order chi connectivity index (χ0) is 22.4. The number of rotatable bonds is 6. The molecule has 0 radical (unpaired) electrons. The van der Waals surface area contributed by atoms with E-state index < -0.39 is 17.6 Å². The summed E-state index contributed by atoms with van der Waals surface area (Å²) in [7, 11) is 2.99. The van der Waals surface area contributed by atoms with Crippen molar-refractivity contribution < 1.29 is 23.9 Å². The molecule has 31 heavy (non-hydrogen) atoms. The molecule has 3 N–H and O–H groups in total. The van der Waals surface area contributed by atoms with Gasteiger partial charge in [0.05, 0.1) is 30.5 Å². The summed E-state index contributed by atoms with van der Waals surface area (Å²) < 4.78 is 10.4. The first kappa shape index (κ1) is 22.2. The Morgan fingerprint density at radius 1 is 1.29 bits per heavy atom. The highest BCUT2D eigenvalue weighted by Crippen LogP contribution is 2.29. The molecule has 12 heteroatoms. The molecule has 160 valence electrons. The van der Waals surface area contributed by atoms with E-state index >= 15 is 0 Å². The molecule has 0 saturated heterocycles. The number of hydrogen-bond donors (Lipinski definition) is 3. The molecule has 10 nitrogen and oxygen atoms in total. The van der Waals surface area contributed by atoms with Crippen molar-refractivity contribution in [3.63, 3.8) is 0 Å². The van der Waals surface area contributed by atoms with Crippen LogP contribution in [-0.4, -0.2) is 54.4 Å². The van der Waals surface area contributed by atoms with E-state index in [1.54, 1.807) is 35.7 Å². The van der Waals surface area contributed by atoms with Crippen molar-refractivity contribution in [2.45, 2.75) is 0 Å². The van der Waals surface area contributed by atoms with Crippen LogP contribution in [-0.2, 0) is 9.59 Å². The molecular formula is C19H17N5O5S2. The summed E-state index contributed by atoms with van der Waals surface area (Å²) in [6.07, 6.45) is 0. The number of nitrogens with one attached hydrogen (secondary N) is 3. The summed E-state index contributed by atoms with van der Waals surface area (Å²) in [6.45, 7) is 0.